The summed E-state index contributed by atoms with van der Waals surface area (Å²) in [6.45, 7) is 0. The van der Waals surface area contributed by atoms with Crippen molar-refractivity contribution in [1.82, 2.24) is 15.4 Å². The van der Waals surface area contributed by atoms with E-state index in [4.69, 9.17) is 9.52 Å². The van der Waals surface area contributed by atoms with Crippen LogP contribution in [0.5, 0.6) is 0 Å². The van der Waals surface area contributed by atoms with E-state index in [1.165, 1.54) is 0 Å². The van der Waals surface area contributed by atoms with E-state index in [1.807, 2.05) is 54.6 Å². The number of benzene rings is 6. The molecule has 0 bridgehead atoms. The molecule has 0 aliphatic heterocycles. The highest BCUT2D eigenvalue weighted by molar-refractivity contribution is 6.17. The maximum Gasteiger partial charge on any atom is 0.136 e. The Morgan fingerprint density at radius 3 is 1.70 bits per heavy atom. The molecule has 6 aromatic carbocycles. The third kappa shape index (κ3) is 4.28. The van der Waals surface area contributed by atoms with Crippen molar-refractivity contribution >= 4 is 21.9 Å². The van der Waals surface area contributed by atoms with Gasteiger partial charge in [0.1, 0.15) is 22.6 Å². The topological polar surface area (TPSA) is 51.8 Å². The van der Waals surface area contributed by atoms with Gasteiger partial charge in [-0.1, -0.05) is 133 Å². The summed E-state index contributed by atoms with van der Waals surface area (Å²) in [6.07, 6.45) is 0. The second-order valence-corrected chi connectivity index (χ2v) is 10.5. The summed E-state index contributed by atoms with van der Waals surface area (Å²) in [6, 6.07) is 52.0. The van der Waals surface area contributed by atoms with Gasteiger partial charge < -0.3 is 4.42 Å². The minimum Gasteiger partial charge on any atom is -0.456 e. The second-order valence-electron chi connectivity index (χ2n) is 10.5. The van der Waals surface area contributed by atoms with Gasteiger partial charge in [-0.2, -0.15) is 0 Å². The maximum absolute atomic E-state index is 6.41. The van der Waals surface area contributed by atoms with Crippen LogP contribution >= 0.6 is 0 Å². The van der Waals surface area contributed by atoms with Crippen molar-refractivity contribution in [3.05, 3.63) is 152 Å². The quantitative estimate of drug-likeness (QED) is 0.214. The second kappa shape index (κ2) is 10.5. The highest BCUT2D eigenvalue weighted by atomic mass is 16.3. The van der Waals surface area contributed by atoms with Crippen LogP contribution in [0.25, 0.3) is 77.8 Å². The lowest BCUT2D eigenvalue weighted by molar-refractivity contribution is 0.669. The average Bonchev–Trinajstić information content (AvgIpc) is 3.47. The van der Waals surface area contributed by atoms with Crippen LogP contribution in [0.2, 0.25) is 0 Å². The Balaban J connectivity index is 1.53. The Bertz CT molecular complexity index is 2220. The fourth-order valence-corrected chi connectivity index (χ4v) is 6.05. The van der Waals surface area contributed by atoms with E-state index in [-0.39, 0.29) is 0 Å². The van der Waals surface area contributed by atoms with Crippen molar-refractivity contribution in [3.8, 4) is 55.9 Å². The summed E-state index contributed by atoms with van der Waals surface area (Å²) in [7, 11) is 0. The van der Waals surface area contributed by atoms with E-state index in [1.54, 1.807) is 0 Å². The molecule has 0 aliphatic rings. The number of hydrogen-bond donors (Lipinski definition) is 0. The number of aromatic nitrogens is 3. The molecule has 2 aromatic heterocycles. The van der Waals surface area contributed by atoms with E-state index < -0.39 is 0 Å². The third-order valence-electron chi connectivity index (χ3n) is 7.95. The molecule has 0 aliphatic carbocycles. The number of nitrogens with zero attached hydrogens (tertiary/aromatic N) is 3. The fraction of sp³-hybridized carbons (Fsp3) is 0. The monoisotopic (exact) mass is 551 g/mol. The predicted molar refractivity (Wildman–Crippen MR) is 174 cm³/mol. The molecule has 8 rings (SSSR count). The molecule has 4 nitrogen and oxygen atoms in total. The van der Waals surface area contributed by atoms with Gasteiger partial charge in [-0.15, -0.1) is 10.2 Å². The zero-order chi connectivity index (χ0) is 28.6. The molecule has 2 heterocycles. The number of para-hydroxylation sites is 1. The molecule has 0 radical (unpaired) electrons. The van der Waals surface area contributed by atoms with Crippen LogP contribution in [0.3, 0.4) is 0 Å². The lowest BCUT2D eigenvalue weighted by Crippen LogP contribution is -2.01. The molecule has 0 amide bonds. The van der Waals surface area contributed by atoms with Crippen LogP contribution in [0, 0.1) is 0 Å². The number of hydrogen-bond acceptors (Lipinski definition) is 4. The van der Waals surface area contributed by atoms with Crippen molar-refractivity contribution in [2.24, 2.45) is 0 Å². The summed E-state index contributed by atoms with van der Waals surface area (Å²) in [5.74, 6) is 0. The SMILES string of the molecule is c1ccc(-c2ccccc2-c2c(-c3nnnc(-c4ccccc4)c3-c3ccccc3)ccc3oc4ccccc4c23)cc1. The van der Waals surface area contributed by atoms with E-state index in [2.05, 4.69) is 107 Å². The average molecular weight is 552 g/mol. The van der Waals surface area contributed by atoms with Gasteiger partial charge >= 0.3 is 0 Å². The van der Waals surface area contributed by atoms with Gasteiger partial charge in [0, 0.05) is 33.0 Å². The molecule has 8 aromatic rings. The van der Waals surface area contributed by atoms with Gasteiger partial charge in [0.2, 0.25) is 0 Å². The smallest absolute Gasteiger partial charge is 0.136 e. The highest BCUT2D eigenvalue weighted by Gasteiger charge is 2.25. The van der Waals surface area contributed by atoms with Crippen molar-refractivity contribution in [2.45, 2.75) is 0 Å². The molecule has 0 saturated heterocycles. The number of fused-ring (bicyclic) bond motifs is 3. The van der Waals surface area contributed by atoms with Crippen molar-refractivity contribution in [1.29, 1.82) is 0 Å². The molecule has 0 unspecified atom stereocenters. The van der Waals surface area contributed by atoms with Crippen LogP contribution in [0.15, 0.2) is 156 Å². The van der Waals surface area contributed by atoms with Gasteiger partial charge in [-0.05, 0) is 45.7 Å². The Kier molecular flexibility index (Phi) is 6.08. The molecule has 0 fully saturated rings. The molecule has 0 spiro atoms. The van der Waals surface area contributed by atoms with Gasteiger partial charge in [0.25, 0.3) is 0 Å². The first-order valence-corrected chi connectivity index (χ1v) is 14.3. The summed E-state index contributed by atoms with van der Waals surface area (Å²) < 4.78 is 6.41. The summed E-state index contributed by atoms with van der Waals surface area (Å²) >= 11 is 0. The van der Waals surface area contributed by atoms with Crippen molar-refractivity contribution in [3.63, 3.8) is 0 Å². The first kappa shape index (κ1) is 24.9. The van der Waals surface area contributed by atoms with Gasteiger partial charge in [0.15, 0.2) is 0 Å². The largest absolute Gasteiger partial charge is 0.456 e. The number of rotatable bonds is 5. The van der Waals surface area contributed by atoms with Crippen molar-refractivity contribution in [2.75, 3.05) is 0 Å². The third-order valence-corrected chi connectivity index (χ3v) is 7.95. The van der Waals surface area contributed by atoms with Gasteiger partial charge in [-0.3, -0.25) is 0 Å². The van der Waals surface area contributed by atoms with Crippen LogP contribution < -0.4 is 0 Å². The Morgan fingerprint density at radius 1 is 0.372 bits per heavy atom. The summed E-state index contributed by atoms with van der Waals surface area (Å²) in [4.78, 5) is 0. The maximum atomic E-state index is 6.41. The van der Waals surface area contributed by atoms with Crippen LogP contribution in [0.4, 0.5) is 0 Å². The van der Waals surface area contributed by atoms with Gasteiger partial charge in [-0.25, -0.2) is 0 Å². The molecule has 43 heavy (non-hydrogen) atoms. The van der Waals surface area contributed by atoms with Crippen LogP contribution in [0.1, 0.15) is 0 Å². The first-order valence-electron chi connectivity index (χ1n) is 14.3. The predicted octanol–water partition coefficient (Wildman–Crippen LogP) is 10.1. The van der Waals surface area contributed by atoms with Crippen molar-refractivity contribution < 1.29 is 4.42 Å². The Morgan fingerprint density at radius 2 is 0.953 bits per heavy atom. The minimum absolute atomic E-state index is 0.769. The lowest BCUT2D eigenvalue weighted by atomic mass is 9.85. The van der Waals surface area contributed by atoms with Crippen LogP contribution in [-0.2, 0) is 0 Å². The standard InChI is InChI=1S/C39H25N3O/c1-4-14-26(15-5-1)29-20-10-11-21-30(29)36-32(24-25-34-37(36)31-22-12-13-23-33(31)43-34)39-35(27-16-6-2-7-17-27)38(40-42-41-39)28-18-8-3-9-19-28/h1-25H. The van der Waals surface area contributed by atoms with E-state index in [0.717, 1.165) is 77.8 Å². The molecule has 0 saturated carbocycles. The van der Waals surface area contributed by atoms with E-state index >= 15 is 0 Å². The zero-order valence-electron chi connectivity index (χ0n) is 23.2. The van der Waals surface area contributed by atoms with E-state index in [0.29, 0.717) is 0 Å². The van der Waals surface area contributed by atoms with E-state index in [9.17, 15) is 0 Å². The molecule has 0 N–H and O–H groups in total. The minimum atomic E-state index is 0.769. The zero-order valence-corrected chi connectivity index (χ0v) is 23.2. The summed E-state index contributed by atoms with van der Waals surface area (Å²) in [5, 5.41) is 15.8. The molecule has 4 heteroatoms. The van der Waals surface area contributed by atoms with Gasteiger partial charge in [0.05, 0.1) is 0 Å². The molecular weight excluding hydrogens is 526 g/mol. The van der Waals surface area contributed by atoms with Crippen LogP contribution in [-0.4, -0.2) is 15.4 Å². The normalized spacial score (nSPS) is 11.3. The highest BCUT2D eigenvalue weighted by Crippen LogP contribution is 2.47. The molecule has 202 valence electrons. The molecular formula is C39H25N3O. The molecule has 0 atom stereocenters. The Labute approximate surface area is 248 Å². The number of furan rings is 1. The lowest BCUT2D eigenvalue weighted by Gasteiger charge is -2.18. The summed E-state index contributed by atoms with van der Waals surface area (Å²) in [5.41, 5.74) is 11.6. The first-order chi connectivity index (χ1) is 21.4. The fourth-order valence-electron chi connectivity index (χ4n) is 6.05. The Hall–Kier alpha value is -5.87.